The van der Waals surface area contributed by atoms with Crippen molar-refractivity contribution in [1.82, 2.24) is 5.32 Å². The summed E-state index contributed by atoms with van der Waals surface area (Å²) < 4.78 is 12.7. The minimum Gasteiger partial charge on any atom is -0.329 e. The summed E-state index contributed by atoms with van der Waals surface area (Å²) in [7, 11) is 0. The summed E-state index contributed by atoms with van der Waals surface area (Å²) in [5.41, 5.74) is 2.13. The van der Waals surface area contributed by atoms with Gasteiger partial charge in [-0.2, -0.15) is 0 Å². The summed E-state index contributed by atoms with van der Waals surface area (Å²) >= 11 is 0. The molecule has 22 heavy (non-hydrogen) atoms. The van der Waals surface area contributed by atoms with Gasteiger partial charge in [0.2, 0.25) is 5.91 Å². The van der Waals surface area contributed by atoms with E-state index in [1.165, 1.54) is 24.3 Å². The Labute approximate surface area is 127 Å². The van der Waals surface area contributed by atoms with Crippen molar-refractivity contribution < 1.29 is 14.0 Å². The van der Waals surface area contributed by atoms with Crippen LogP contribution in [0.15, 0.2) is 48.5 Å². The normalized spacial score (nSPS) is 9.91. The number of carbonyl (C=O) groups is 2. The van der Waals surface area contributed by atoms with Crippen molar-refractivity contribution in [2.45, 2.75) is 6.92 Å². The zero-order valence-corrected chi connectivity index (χ0v) is 12.0. The number of halogens is 1. The molecule has 0 aromatic heterocycles. The number of urea groups is 1. The van der Waals surface area contributed by atoms with E-state index in [1.807, 2.05) is 25.1 Å². The number of anilines is 2. The topological polar surface area (TPSA) is 70.2 Å². The van der Waals surface area contributed by atoms with E-state index in [0.29, 0.717) is 11.4 Å². The molecule has 3 N–H and O–H groups in total. The van der Waals surface area contributed by atoms with E-state index in [4.69, 9.17) is 0 Å². The highest BCUT2D eigenvalue weighted by molar-refractivity contribution is 5.96. The molecule has 0 aliphatic carbocycles. The highest BCUT2D eigenvalue weighted by Gasteiger charge is 2.06. The Bertz CT molecular complexity index is 671. The van der Waals surface area contributed by atoms with Crippen molar-refractivity contribution in [1.29, 1.82) is 0 Å². The number of hydrogen-bond acceptors (Lipinski definition) is 2. The summed E-state index contributed by atoms with van der Waals surface area (Å²) in [6, 6.07) is 12.2. The summed E-state index contributed by atoms with van der Waals surface area (Å²) in [6.07, 6.45) is 0. The fraction of sp³-hybridized carbons (Fsp3) is 0.125. The van der Waals surface area contributed by atoms with Gasteiger partial charge in [0, 0.05) is 11.4 Å². The van der Waals surface area contributed by atoms with Crippen LogP contribution in [0.5, 0.6) is 0 Å². The second-order valence-electron chi connectivity index (χ2n) is 4.73. The van der Waals surface area contributed by atoms with Gasteiger partial charge in [-0.1, -0.05) is 12.1 Å². The number of benzene rings is 2. The van der Waals surface area contributed by atoms with Gasteiger partial charge < -0.3 is 16.0 Å². The molecule has 6 heteroatoms. The van der Waals surface area contributed by atoms with Gasteiger partial charge in [-0.15, -0.1) is 0 Å². The van der Waals surface area contributed by atoms with Crippen LogP contribution in [0.25, 0.3) is 0 Å². The molecule has 3 amide bonds. The molecule has 2 rings (SSSR count). The van der Waals surface area contributed by atoms with Crippen LogP contribution >= 0.6 is 0 Å². The molecule has 0 fully saturated rings. The average Bonchev–Trinajstić information content (AvgIpc) is 2.48. The van der Waals surface area contributed by atoms with Crippen LogP contribution in [0, 0.1) is 12.7 Å². The molecule has 0 bridgehead atoms. The van der Waals surface area contributed by atoms with Gasteiger partial charge in [0.1, 0.15) is 5.82 Å². The van der Waals surface area contributed by atoms with Gasteiger partial charge in [0.05, 0.1) is 6.54 Å². The first kappa shape index (κ1) is 15.5. The van der Waals surface area contributed by atoms with Crippen LogP contribution in [-0.2, 0) is 4.79 Å². The number of carbonyl (C=O) groups excluding carboxylic acids is 2. The van der Waals surface area contributed by atoms with Gasteiger partial charge in [-0.05, 0) is 48.9 Å². The van der Waals surface area contributed by atoms with E-state index in [1.54, 1.807) is 6.07 Å². The third kappa shape index (κ3) is 4.90. The van der Waals surface area contributed by atoms with Crippen molar-refractivity contribution in [2.75, 3.05) is 17.2 Å². The Hall–Kier alpha value is -2.89. The van der Waals surface area contributed by atoms with Crippen LogP contribution in [0.4, 0.5) is 20.6 Å². The summed E-state index contributed by atoms with van der Waals surface area (Å²) in [5, 5.41) is 7.63. The van der Waals surface area contributed by atoms with Gasteiger partial charge in [0.25, 0.3) is 0 Å². The van der Waals surface area contributed by atoms with E-state index in [9.17, 15) is 14.0 Å². The lowest BCUT2D eigenvalue weighted by Gasteiger charge is -2.09. The lowest BCUT2D eigenvalue weighted by Crippen LogP contribution is -2.35. The molecule has 0 spiro atoms. The zero-order chi connectivity index (χ0) is 15.9. The van der Waals surface area contributed by atoms with Crippen LogP contribution in [-0.4, -0.2) is 18.5 Å². The Kier molecular flexibility index (Phi) is 5.08. The zero-order valence-electron chi connectivity index (χ0n) is 12.0. The van der Waals surface area contributed by atoms with E-state index in [0.717, 1.165) is 5.56 Å². The third-order valence-corrected chi connectivity index (χ3v) is 2.81. The molecule has 2 aromatic rings. The highest BCUT2D eigenvalue weighted by atomic mass is 19.1. The SMILES string of the molecule is Cc1cccc(NC(=O)NCC(=O)Nc2ccc(F)cc2)c1. The van der Waals surface area contributed by atoms with E-state index < -0.39 is 11.9 Å². The Morgan fingerprint density at radius 3 is 2.41 bits per heavy atom. The lowest BCUT2D eigenvalue weighted by atomic mass is 10.2. The molecule has 5 nitrogen and oxygen atoms in total. The first-order chi connectivity index (χ1) is 10.5. The Balaban J connectivity index is 1.78. The van der Waals surface area contributed by atoms with Gasteiger partial charge in [0.15, 0.2) is 0 Å². The quantitative estimate of drug-likeness (QED) is 0.812. The molecule has 0 saturated heterocycles. The predicted molar refractivity (Wildman–Crippen MR) is 83.2 cm³/mol. The number of nitrogens with one attached hydrogen (secondary N) is 3. The van der Waals surface area contributed by atoms with E-state index in [-0.39, 0.29) is 12.4 Å². The van der Waals surface area contributed by atoms with Crippen LogP contribution < -0.4 is 16.0 Å². The van der Waals surface area contributed by atoms with Crippen molar-refractivity contribution in [3.63, 3.8) is 0 Å². The molecule has 0 unspecified atom stereocenters. The van der Waals surface area contributed by atoms with Crippen molar-refractivity contribution in [3.8, 4) is 0 Å². The van der Waals surface area contributed by atoms with Gasteiger partial charge >= 0.3 is 6.03 Å². The maximum absolute atomic E-state index is 12.7. The number of amides is 3. The lowest BCUT2D eigenvalue weighted by molar-refractivity contribution is -0.115. The molecule has 2 aromatic carbocycles. The smallest absolute Gasteiger partial charge is 0.319 e. The summed E-state index contributed by atoms with van der Waals surface area (Å²) in [4.78, 5) is 23.3. The maximum Gasteiger partial charge on any atom is 0.319 e. The average molecular weight is 301 g/mol. The largest absolute Gasteiger partial charge is 0.329 e. The van der Waals surface area contributed by atoms with Crippen LogP contribution in [0.2, 0.25) is 0 Å². The highest BCUT2D eigenvalue weighted by Crippen LogP contribution is 2.09. The van der Waals surface area contributed by atoms with Crippen molar-refractivity contribution >= 4 is 23.3 Å². The van der Waals surface area contributed by atoms with Gasteiger partial charge in [-0.3, -0.25) is 4.79 Å². The summed E-state index contributed by atoms with van der Waals surface area (Å²) in [6.45, 7) is 1.73. The van der Waals surface area contributed by atoms with Crippen LogP contribution in [0.1, 0.15) is 5.56 Å². The van der Waals surface area contributed by atoms with Crippen molar-refractivity contribution in [3.05, 3.63) is 59.9 Å². The van der Waals surface area contributed by atoms with E-state index in [2.05, 4.69) is 16.0 Å². The first-order valence-electron chi connectivity index (χ1n) is 6.70. The number of rotatable bonds is 4. The molecule has 0 heterocycles. The second-order valence-corrected chi connectivity index (χ2v) is 4.73. The summed E-state index contributed by atoms with van der Waals surface area (Å²) in [5.74, 6) is -0.778. The molecular weight excluding hydrogens is 285 g/mol. The third-order valence-electron chi connectivity index (χ3n) is 2.81. The molecule has 0 aliphatic rings. The minimum absolute atomic E-state index is 0.185. The molecule has 0 aliphatic heterocycles. The fourth-order valence-corrected chi connectivity index (χ4v) is 1.80. The molecule has 0 saturated carbocycles. The number of hydrogen-bond donors (Lipinski definition) is 3. The predicted octanol–water partition coefficient (Wildman–Crippen LogP) is 2.89. The first-order valence-corrected chi connectivity index (χ1v) is 6.70. The molecule has 114 valence electrons. The van der Waals surface area contributed by atoms with Gasteiger partial charge in [-0.25, -0.2) is 9.18 Å². The molecular formula is C16H16FN3O2. The second kappa shape index (κ2) is 7.21. The van der Waals surface area contributed by atoms with E-state index >= 15 is 0 Å². The Morgan fingerprint density at radius 2 is 1.73 bits per heavy atom. The maximum atomic E-state index is 12.7. The Morgan fingerprint density at radius 1 is 1.00 bits per heavy atom. The molecule has 0 radical (unpaired) electrons. The minimum atomic E-state index is -0.472. The standard InChI is InChI=1S/C16H16FN3O2/c1-11-3-2-4-14(9-11)20-16(22)18-10-15(21)19-13-7-5-12(17)6-8-13/h2-9H,10H2,1H3,(H,19,21)(H2,18,20,22). The molecule has 0 atom stereocenters. The van der Waals surface area contributed by atoms with Crippen molar-refractivity contribution in [2.24, 2.45) is 0 Å². The fourth-order valence-electron chi connectivity index (χ4n) is 1.80. The number of aryl methyl sites for hydroxylation is 1. The monoisotopic (exact) mass is 301 g/mol. The van der Waals surface area contributed by atoms with Crippen LogP contribution in [0.3, 0.4) is 0 Å².